The average Bonchev–Trinajstić information content (AvgIpc) is 2.36. The zero-order valence-corrected chi connectivity index (χ0v) is 14.1. The minimum atomic E-state index is 0.291. The molecule has 0 radical (unpaired) electrons. The highest BCUT2D eigenvalue weighted by Crippen LogP contribution is 2.38. The third kappa shape index (κ3) is 4.54. The molecule has 20 heavy (non-hydrogen) atoms. The van der Waals surface area contributed by atoms with Gasteiger partial charge in [0.25, 0.3) is 0 Å². The van der Waals surface area contributed by atoms with Crippen molar-refractivity contribution in [1.82, 2.24) is 0 Å². The first-order chi connectivity index (χ1) is 9.42. The average molecular weight is 275 g/mol. The summed E-state index contributed by atoms with van der Waals surface area (Å²) < 4.78 is 0. The maximum atomic E-state index is 5.91. The SMILES string of the molecule is CCCCC(C)CC(C)(CCC)c1ccc(N)cc1C. The maximum absolute atomic E-state index is 5.91. The predicted molar refractivity (Wildman–Crippen MR) is 91.2 cm³/mol. The largest absolute Gasteiger partial charge is 0.399 e. The second-order valence-electron chi connectivity index (χ2n) is 6.84. The van der Waals surface area contributed by atoms with Crippen LogP contribution in [0.3, 0.4) is 0 Å². The smallest absolute Gasteiger partial charge is 0.0316 e. The van der Waals surface area contributed by atoms with E-state index < -0.39 is 0 Å². The Kier molecular flexibility index (Phi) is 6.58. The van der Waals surface area contributed by atoms with E-state index in [1.54, 1.807) is 0 Å². The molecule has 1 rings (SSSR count). The molecule has 1 nitrogen and oxygen atoms in total. The summed E-state index contributed by atoms with van der Waals surface area (Å²) in [6.45, 7) is 11.6. The van der Waals surface area contributed by atoms with Crippen LogP contribution in [0.5, 0.6) is 0 Å². The summed E-state index contributed by atoms with van der Waals surface area (Å²) in [6, 6.07) is 6.44. The second kappa shape index (κ2) is 7.71. The van der Waals surface area contributed by atoms with E-state index in [9.17, 15) is 0 Å². The number of benzene rings is 1. The highest BCUT2D eigenvalue weighted by molar-refractivity contribution is 5.46. The number of nitrogen functional groups attached to an aromatic ring is 1. The van der Waals surface area contributed by atoms with E-state index in [0.717, 1.165) is 11.6 Å². The van der Waals surface area contributed by atoms with Crippen molar-refractivity contribution < 1.29 is 0 Å². The van der Waals surface area contributed by atoms with E-state index >= 15 is 0 Å². The molecule has 114 valence electrons. The molecule has 2 N–H and O–H groups in total. The standard InChI is InChI=1S/C19H33N/c1-6-8-9-15(3)14-19(5,12-7-2)18-11-10-17(20)13-16(18)4/h10-11,13,15H,6-9,12,14,20H2,1-5H3. The topological polar surface area (TPSA) is 26.0 Å². The van der Waals surface area contributed by atoms with Crippen LogP contribution < -0.4 is 5.73 Å². The molecule has 0 saturated heterocycles. The fourth-order valence-electron chi connectivity index (χ4n) is 3.69. The van der Waals surface area contributed by atoms with Gasteiger partial charge in [-0.3, -0.25) is 0 Å². The fraction of sp³-hybridized carbons (Fsp3) is 0.684. The Labute approximate surface area is 126 Å². The molecule has 2 unspecified atom stereocenters. The van der Waals surface area contributed by atoms with E-state index in [0.29, 0.717) is 5.41 Å². The van der Waals surface area contributed by atoms with Crippen molar-refractivity contribution in [2.45, 2.75) is 78.6 Å². The Balaban J connectivity index is 2.95. The van der Waals surface area contributed by atoms with Crippen molar-refractivity contribution in [2.24, 2.45) is 5.92 Å². The molecule has 2 atom stereocenters. The molecule has 0 aliphatic rings. The zero-order valence-electron chi connectivity index (χ0n) is 14.1. The molecular weight excluding hydrogens is 242 g/mol. The van der Waals surface area contributed by atoms with Crippen molar-refractivity contribution in [1.29, 1.82) is 0 Å². The molecule has 0 heterocycles. The molecule has 1 aromatic carbocycles. The van der Waals surface area contributed by atoms with Gasteiger partial charge in [0.15, 0.2) is 0 Å². The molecule has 0 aliphatic carbocycles. The quantitative estimate of drug-likeness (QED) is 0.591. The summed E-state index contributed by atoms with van der Waals surface area (Å²) in [7, 11) is 0. The van der Waals surface area contributed by atoms with Gasteiger partial charge < -0.3 is 5.73 Å². The van der Waals surface area contributed by atoms with Crippen molar-refractivity contribution >= 4 is 5.69 Å². The predicted octanol–water partition coefficient (Wildman–Crippen LogP) is 5.85. The number of unbranched alkanes of at least 4 members (excludes halogenated alkanes) is 1. The lowest BCUT2D eigenvalue weighted by Crippen LogP contribution is -2.26. The third-order valence-corrected chi connectivity index (χ3v) is 4.55. The van der Waals surface area contributed by atoms with Crippen LogP contribution in [0.2, 0.25) is 0 Å². The number of nitrogens with two attached hydrogens (primary N) is 1. The van der Waals surface area contributed by atoms with Gasteiger partial charge in [-0.15, -0.1) is 0 Å². The van der Waals surface area contributed by atoms with Crippen LogP contribution in [-0.4, -0.2) is 0 Å². The highest BCUT2D eigenvalue weighted by Gasteiger charge is 2.29. The highest BCUT2D eigenvalue weighted by atomic mass is 14.5. The fourth-order valence-corrected chi connectivity index (χ4v) is 3.69. The van der Waals surface area contributed by atoms with Crippen LogP contribution in [0.25, 0.3) is 0 Å². The number of hydrogen-bond acceptors (Lipinski definition) is 1. The normalized spacial score (nSPS) is 15.8. The van der Waals surface area contributed by atoms with E-state index in [2.05, 4.69) is 52.8 Å². The lowest BCUT2D eigenvalue weighted by molar-refractivity contribution is 0.312. The first-order valence-electron chi connectivity index (χ1n) is 8.29. The molecular formula is C19H33N. The van der Waals surface area contributed by atoms with Crippen molar-refractivity contribution in [3.8, 4) is 0 Å². The van der Waals surface area contributed by atoms with E-state index in [1.165, 1.54) is 49.7 Å². The first-order valence-corrected chi connectivity index (χ1v) is 8.29. The van der Waals surface area contributed by atoms with Gasteiger partial charge in [0.05, 0.1) is 0 Å². The Morgan fingerprint density at radius 1 is 1.20 bits per heavy atom. The number of rotatable bonds is 8. The first kappa shape index (κ1) is 17.1. The van der Waals surface area contributed by atoms with Gasteiger partial charge in [-0.1, -0.05) is 59.4 Å². The van der Waals surface area contributed by atoms with Gasteiger partial charge in [0.2, 0.25) is 0 Å². The van der Waals surface area contributed by atoms with Gasteiger partial charge in [-0.2, -0.15) is 0 Å². The van der Waals surface area contributed by atoms with Crippen LogP contribution in [0.15, 0.2) is 18.2 Å². The summed E-state index contributed by atoms with van der Waals surface area (Å²) >= 11 is 0. The van der Waals surface area contributed by atoms with Gasteiger partial charge in [-0.25, -0.2) is 0 Å². The van der Waals surface area contributed by atoms with Gasteiger partial charge >= 0.3 is 0 Å². The van der Waals surface area contributed by atoms with Crippen LogP contribution in [0.4, 0.5) is 5.69 Å². The molecule has 0 saturated carbocycles. The maximum Gasteiger partial charge on any atom is 0.0316 e. The zero-order chi connectivity index (χ0) is 15.2. The van der Waals surface area contributed by atoms with Gasteiger partial charge in [0, 0.05) is 5.69 Å². The molecule has 0 aromatic heterocycles. The van der Waals surface area contributed by atoms with Crippen molar-refractivity contribution in [3.63, 3.8) is 0 Å². The Morgan fingerprint density at radius 2 is 1.90 bits per heavy atom. The van der Waals surface area contributed by atoms with Crippen LogP contribution in [0, 0.1) is 12.8 Å². The number of hydrogen-bond donors (Lipinski definition) is 1. The van der Waals surface area contributed by atoms with Crippen LogP contribution in [0.1, 0.15) is 77.3 Å². The summed E-state index contributed by atoms with van der Waals surface area (Å²) in [6.07, 6.45) is 7.78. The molecule has 1 aromatic rings. The number of aryl methyl sites for hydroxylation is 1. The summed E-state index contributed by atoms with van der Waals surface area (Å²) in [5.74, 6) is 0.795. The Hall–Kier alpha value is -0.980. The third-order valence-electron chi connectivity index (χ3n) is 4.55. The molecule has 0 aliphatic heterocycles. The van der Waals surface area contributed by atoms with E-state index in [1.807, 2.05) is 0 Å². The van der Waals surface area contributed by atoms with Gasteiger partial charge in [-0.05, 0) is 54.4 Å². The molecule has 0 amide bonds. The summed E-state index contributed by atoms with van der Waals surface area (Å²) in [5, 5.41) is 0. The van der Waals surface area contributed by atoms with Crippen LogP contribution in [-0.2, 0) is 5.41 Å². The van der Waals surface area contributed by atoms with Crippen LogP contribution >= 0.6 is 0 Å². The molecule has 0 spiro atoms. The minimum absolute atomic E-state index is 0.291. The Morgan fingerprint density at radius 3 is 2.45 bits per heavy atom. The minimum Gasteiger partial charge on any atom is -0.399 e. The lowest BCUT2D eigenvalue weighted by atomic mass is 9.70. The summed E-state index contributed by atoms with van der Waals surface area (Å²) in [5.41, 5.74) is 9.93. The monoisotopic (exact) mass is 275 g/mol. The lowest BCUT2D eigenvalue weighted by Gasteiger charge is -2.34. The van der Waals surface area contributed by atoms with E-state index in [-0.39, 0.29) is 0 Å². The van der Waals surface area contributed by atoms with Crippen molar-refractivity contribution in [2.75, 3.05) is 5.73 Å². The number of anilines is 1. The molecule has 1 heteroatoms. The summed E-state index contributed by atoms with van der Waals surface area (Å²) in [4.78, 5) is 0. The second-order valence-corrected chi connectivity index (χ2v) is 6.84. The van der Waals surface area contributed by atoms with Crippen molar-refractivity contribution in [3.05, 3.63) is 29.3 Å². The molecule has 0 bridgehead atoms. The van der Waals surface area contributed by atoms with Gasteiger partial charge in [0.1, 0.15) is 0 Å². The van der Waals surface area contributed by atoms with E-state index in [4.69, 9.17) is 5.73 Å². The molecule has 0 fully saturated rings. The Bertz CT molecular complexity index is 410.